The average Bonchev–Trinajstić information content (AvgIpc) is 2.48. The summed E-state index contributed by atoms with van der Waals surface area (Å²) in [5.74, 6) is 0. The maximum Gasteiger partial charge on any atom is 0.212 e. The van der Waals surface area contributed by atoms with Gasteiger partial charge in [-0.3, -0.25) is 0 Å². The van der Waals surface area contributed by atoms with Gasteiger partial charge >= 0.3 is 0 Å². The molecule has 0 atom stereocenters. The van der Waals surface area contributed by atoms with Crippen molar-refractivity contribution in [2.45, 2.75) is 13.5 Å². The molecule has 0 aliphatic heterocycles. The van der Waals surface area contributed by atoms with E-state index in [0.29, 0.717) is 0 Å². The van der Waals surface area contributed by atoms with Crippen LogP contribution >= 0.6 is 0 Å². The molecule has 3 aromatic rings. The van der Waals surface area contributed by atoms with Crippen LogP contribution in [0, 0.1) is 6.92 Å². The van der Waals surface area contributed by atoms with Crippen LogP contribution < -0.4 is 4.57 Å². The van der Waals surface area contributed by atoms with E-state index in [-0.39, 0.29) is 0 Å². The summed E-state index contributed by atoms with van der Waals surface area (Å²) in [6.45, 7) is 3.02. The molecule has 0 bridgehead atoms. The van der Waals surface area contributed by atoms with Crippen LogP contribution in [0.25, 0.3) is 17.0 Å². The first-order valence-electron chi connectivity index (χ1n) is 6.93. The molecular formula is C19H18N+. The molecule has 0 unspecified atom stereocenters. The number of hydrogen-bond donors (Lipinski definition) is 0. The zero-order valence-electron chi connectivity index (χ0n) is 11.7. The van der Waals surface area contributed by atoms with Gasteiger partial charge < -0.3 is 0 Å². The van der Waals surface area contributed by atoms with Crippen molar-refractivity contribution in [3.63, 3.8) is 0 Å². The fourth-order valence-corrected chi connectivity index (χ4v) is 2.43. The predicted octanol–water partition coefficient (Wildman–Crippen LogP) is 4.15. The normalized spacial score (nSPS) is 11.2. The van der Waals surface area contributed by atoms with Gasteiger partial charge in [0, 0.05) is 17.5 Å². The Morgan fingerprint density at radius 3 is 2.65 bits per heavy atom. The van der Waals surface area contributed by atoms with E-state index in [0.717, 1.165) is 6.54 Å². The lowest BCUT2D eigenvalue weighted by Gasteiger charge is -2.00. The lowest BCUT2D eigenvalue weighted by atomic mass is 10.1. The summed E-state index contributed by atoms with van der Waals surface area (Å²) in [5, 5.41) is 1.29. The predicted molar refractivity (Wildman–Crippen MR) is 84.4 cm³/mol. The molecule has 0 saturated heterocycles. The third-order valence-corrected chi connectivity index (χ3v) is 3.45. The van der Waals surface area contributed by atoms with Gasteiger partial charge in [0.1, 0.15) is 0 Å². The van der Waals surface area contributed by atoms with Crippen LogP contribution in [-0.2, 0) is 6.54 Å². The first-order chi connectivity index (χ1) is 9.83. The van der Waals surface area contributed by atoms with Crippen molar-refractivity contribution in [3.05, 3.63) is 84.1 Å². The Balaban J connectivity index is 1.86. The van der Waals surface area contributed by atoms with Gasteiger partial charge in [-0.15, -0.1) is 0 Å². The van der Waals surface area contributed by atoms with Crippen LogP contribution in [-0.4, -0.2) is 0 Å². The molecule has 1 nitrogen and oxygen atoms in total. The third kappa shape index (κ3) is 2.77. The van der Waals surface area contributed by atoms with Crippen LogP contribution in [0.4, 0.5) is 0 Å². The van der Waals surface area contributed by atoms with Gasteiger partial charge in [0.2, 0.25) is 5.52 Å². The van der Waals surface area contributed by atoms with E-state index in [1.807, 2.05) is 6.07 Å². The summed E-state index contributed by atoms with van der Waals surface area (Å²) in [7, 11) is 0. The second-order valence-corrected chi connectivity index (χ2v) is 5.04. The van der Waals surface area contributed by atoms with E-state index in [1.54, 1.807) is 0 Å². The quantitative estimate of drug-likeness (QED) is 0.623. The molecule has 0 aliphatic rings. The van der Waals surface area contributed by atoms with Crippen molar-refractivity contribution in [3.8, 4) is 0 Å². The van der Waals surface area contributed by atoms with E-state index in [9.17, 15) is 0 Å². The second-order valence-electron chi connectivity index (χ2n) is 5.04. The van der Waals surface area contributed by atoms with Gasteiger partial charge in [-0.25, -0.2) is 0 Å². The van der Waals surface area contributed by atoms with Crippen LogP contribution in [0.15, 0.2) is 72.9 Å². The van der Waals surface area contributed by atoms with Crippen LogP contribution in [0.5, 0.6) is 0 Å². The smallest absolute Gasteiger partial charge is 0.195 e. The third-order valence-electron chi connectivity index (χ3n) is 3.45. The Labute approximate surface area is 119 Å². The summed E-state index contributed by atoms with van der Waals surface area (Å²) in [6.07, 6.45) is 6.50. The van der Waals surface area contributed by atoms with Crippen molar-refractivity contribution in [2.24, 2.45) is 0 Å². The molecule has 20 heavy (non-hydrogen) atoms. The van der Waals surface area contributed by atoms with Gasteiger partial charge in [0.05, 0.1) is 0 Å². The topological polar surface area (TPSA) is 3.88 Å². The number of pyridine rings is 1. The highest BCUT2D eigenvalue weighted by molar-refractivity contribution is 5.76. The number of hydrogen-bond acceptors (Lipinski definition) is 0. The van der Waals surface area contributed by atoms with Crippen LogP contribution in [0.2, 0.25) is 0 Å². The van der Waals surface area contributed by atoms with Gasteiger partial charge in [-0.1, -0.05) is 48.0 Å². The Kier molecular flexibility index (Phi) is 3.60. The fourth-order valence-electron chi connectivity index (χ4n) is 2.43. The van der Waals surface area contributed by atoms with Crippen molar-refractivity contribution in [1.29, 1.82) is 0 Å². The minimum Gasteiger partial charge on any atom is -0.195 e. The number of benzene rings is 2. The fraction of sp³-hybridized carbons (Fsp3) is 0.105. The molecule has 0 aliphatic carbocycles. The summed E-state index contributed by atoms with van der Waals surface area (Å²) < 4.78 is 2.27. The van der Waals surface area contributed by atoms with Gasteiger partial charge in [-0.05, 0) is 30.7 Å². The minimum absolute atomic E-state index is 0.884. The lowest BCUT2D eigenvalue weighted by molar-refractivity contribution is -0.660. The van der Waals surface area contributed by atoms with Crippen molar-refractivity contribution < 1.29 is 4.57 Å². The first kappa shape index (κ1) is 12.6. The second kappa shape index (κ2) is 5.70. The number of rotatable bonds is 3. The van der Waals surface area contributed by atoms with Crippen LogP contribution in [0.3, 0.4) is 0 Å². The Morgan fingerprint density at radius 1 is 0.950 bits per heavy atom. The molecular weight excluding hydrogens is 242 g/mol. The molecule has 2 aromatic carbocycles. The summed E-state index contributed by atoms with van der Waals surface area (Å²) in [4.78, 5) is 0. The maximum atomic E-state index is 2.27. The Hall–Kier alpha value is -2.41. The van der Waals surface area contributed by atoms with Gasteiger partial charge in [0.25, 0.3) is 0 Å². The summed E-state index contributed by atoms with van der Waals surface area (Å²) >= 11 is 0. The van der Waals surface area contributed by atoms with E-state index in [4.69, 9.17) is 0 Å². The largest absolute Gasteiger partial charge is 0.212 e. The minimum atomic E-state index is 0.884. The maximum absolute atomic E-state index is 2.27. The summed E-state index contributed by atoms with van der Waals surface area (Å²) in [6, 6.07) is 21.3. The Bertz CT molecular complexity index is 742. The molecule has 0 N–H and O–H groups in total. The number of fused-ring (bicyclic) bond motifs is 1. The van der Waals surface area contributed by atoms with Crippen LogP contribution in [0.1, 0.15) is 11.1 Å². The highest BCUT2D eigenvalue weighted by Crippen LogP contribution is 2.11. The molecule has 1 heteroatoms. The monoisotopic (exact) mass is 260 g/mol. The summed E-state index contributed by atoms with van der Waals surface area (Å²) in [5.41, 5.74) is 3.81. The van der Waals surface area contributed by atoms with Gasteiger partial charge in [0.15, 0.2) is 12.7 Å². The lowest BCUT2D eigenvalue weighted by Crippen LogP contribution is -2.32. The highest BCUT2D eigenvalue weighted by atomic mass is 14.9. The van der Waals surface area contributed by atoms with E-state index in [1.165, 1.54) is 22.0 Å². The number of allylic oxidation sites excluding steroid dienone is 1. The zero-order valence-corrected chi connectivity index (χ0v) is 11.7. The molecule has 0 spiro atoms. The molecule has 0 amide bonds. The molecule has 0 saturated carbocycles. The molecule has 0 fully saturated rings. The zero-order chi connectivity index (χ0) is 13.8. The molecule has 3 rings (SSSR count). The van der Waals surface area contributed by atoms with Crippen molar-refractivity contribution >= 4 is 17.0 Å². The SMILES string of the molecule is Cc1ccc2c(ccc[n+]2C/C=C/c2ccccc2)c1. The molecule has 0 radical (unpaired) electrons. The number of aryl methyl sites for hydroxylation is 1. The van der Waals surface area contributed by atoms with Crippen molar-refractivity contribution in [2.75, 3.05) is 0 Å². The number of nitrogens with zero attached hydrogens (tertiary/aromatic N) is 1. The average molecular weight is 260 g/mol. The first-order valence-corrected chi connectivity index (χ1v) is 6.93. The molecule has 1 heterocycles. The van der Waals surface area contributed by atoms with E-state index in [2.05, 4.69) is 84.4 Å². The number of aromatic nitrogens is 1. The highest BCUT2D eigenvalue weighted by Gasteiger charge is 2.05. The standard InChI is InChI=1S/C19H18N/c1-16-11-12-19-18(15-16)10-6-14-20(19)13-5-9-17-7-3-2-4-8-17/h2-12,14-15H,13H2,1H3/q+1/b9-5+. The van der Waals surface area contributed by atoms with E-state index >= 15 is 0 Å². The molecule has 98 valence electrons. The Morgan fingerprint density at radius 2 is 1.80 bits per heavy atom. The molecule has 1 aromatic heterocycles. The van der Waals surface area contributed by atoms with Crippen molar-refractivity contribution in [1.82, 2.24) is 0 Å². The van der Waals surface area contributed by atoms with Gasteiger partial charge in [-0.2, -0.15) is 4.57 Å². The van der Waals surface area contributed by atoms with E-state index < -0.39 is 0 Å².